The molecular weight excluding hydrogens is 714 g/mol. The van der Waals surface area contributed by atoms with Crippen molar-refractivity contribution in [3.8, 4) is 0 Å². The molecule has 0 saturated carbocycles. The summed E-state index contributed by atoms with van der Waals surface area (Å²) in [6, 6.07) is 26.6. The standard InChI is InChI=1S/C36H44B.C20H35P/c1-21-13-25(5)33(26(6)14-21)37(34-27(7)15-22(2)16-28(34)8,35-29(9)17-23(3)18-30(35)10)36-31(11)19-24(4)20-32(36)12;1-14(2)16-11-17(15(3)4)13-18(12-16)21(19(5,6)7)20(8,9)10/h13-20H,1-12H3;11-15H,1-10H3/q-1;/p+1. The molecule has 0 amide bonds. The Hall–Kier alpha value is -3.41. The highest BCUT2D eigenvalue weighted by Crippen LogP contribution is 2.58. The van der Waals surface area contributed by atoms with Crippen LogP contribution in [-0.4, -0.2) is 16.5 Å². The van der Waals surface area contributed by atoms with E-state index in [0.717, 1.165) is 0 Å². The van der Waals surface area contributed by atoms with Gasteiger partial charge in [0.2, 0.25) is 0 Å². The minimum Gasteiger partial charge on any atom is -0.189 e. The number of benzene rings is 5. The lowest BCUT2D eigenvalue weighted by molar-refractivity contribution is 0.714. The molecule has 0 N–H and O–H groups in total. The van der Waals surface area contributed by atoms with Crippen molar-refractivity contribution >= 4 is 41.2 Å². The second-order valence-electron chi connectivity index (χ2n) is 21.2. The monoisotopic (exact) mass is 795 g/mol. The van der Waals surface area contributed by atoms with E-state index in [0.29, 0.717) is 22.1 Å². The lowest BCUT2D eigenvalue weighted by Gasteiger charge is -2.51. The molecular formula is C56H80BP. The highest BCUT2D eigenvalue weighted by molar-refractivity contribution is 7.68. The first kappa shape index (κ1) is 47.3. The highest BCUT2D eigenvalue weighted by Gasteiger charge is 2.44. The molecule has 0 unspecified atom stereocenters. The van der Waals surface area contributed by atoms with Gasteiger partial charge in [-0.3, -0.25) is 0 Å². The van der Waals surface area contributed by atoms with Crippen LogP contribution in [0.3, 0.4) is 0 Å². The first-order valence-corrected chi connectivity index (χ1v) is 23.6. The van der Waals surface area contributed by atoms with Crippen molar-refractivity contribution in [3.63, 3.8) is 0 Å². The van der Waals surface area contributed by atoms with Crippen LogP contribution >= 0.6 is 7.92 Å². The van der Waals surface area contributed by atoms with Crippen molar-refractivity contribution in [2.24, 2.45) is 0 Å². The maximum absolute atomic E-state index is 2.50. The third-order valence-electron chi connectivity index (χ3n) is 12.8. The summed E-state index contributed by atoms with van der Waals surface area (Å²) in [5.74, 6) is 1.20. The molecule has 0 nitrogen and oxygen atoms in total. The Kier molecular flexibility index (Phi) is 14.4. The van der Waals surface area contributed by atoms with Crippen LogP contribution < -0.4 is 27.2 Å². The van der Waals surface area contributed by atoms with Crippen LogP contribution in [-0.2, 0) is 0 Å². The second kappa shape index (κ2) is 17.7. The van der Waals surface area contributed by atoms with Crippen LogP contribution in [0, 0.1) is 83.1 Å². The average Bonchev–Trinajstić information content (AvgIpc) is 3.01. The number of hydrogen-bond acceptors (Lipinski definition) is 0. The summed E-state index contributed by atoms with van der Waals surface area (Å²) in [6.07, 6.45) is -1.48. The molecule has 0 aliphatic carbocycles. The van der Waals surface area contributed by atoms with Gasteiger partial charge in [-0.2, -0.15) is 21.9 Å². The molecule has 0 aromatic heterocycles. The largest absolute Gasteiger partial charge is 0.189 e. The molecule has 2 heteroatoms. The molecule has 58 heavy (non-hydrogen) atoms. The topological polar surface area (TPSA) is 0 Å². The minimum atomic E-state index is -1.48. The van der Waals surface area contributed by atoms with Crippen molar-refractivity contribution in [1.29, 1.82) is 0 Å². The van der Waals surface area contributed by atoms with Gasteiger partial charge in [0.15, 0.2) is 0 Å². The maximum Gasteiger partial charge on any atom is 0.110 e. The van der Waals surface area contributed by atoms with Crippen molar-refractivity contribution in [3.05, 3.63) is 145 Å². The molecule has 0 aliphatic rings. The van der Waals surface area contributed by atoms with Gasteiger partial charge in [0, 0.05) is 7.92 Å². The number of rotatable bonds is 7. The van der Waals surface area contributed by atoms with Crippen molar-refractivity contribution in [1.82, 2.24) is 0 Å². The second-order valence-corrected chi connectivity index (χ2v) is 25.5. The Balaban J connectivity index is 0.000000302. The van der Waals surface area contributed by atoms with Gasteiger partial charge in [-0.15, -0.1) is 0 Å². The van der Waals surface area contributed by atoms with Crippen LogP contribution in [0.5, 0.6) is 0 Å². The zero-order valence-corrected chi connectivity index (χ0v) is 42.1. The van der Waals surface area contributed by atoms with Crippen molar-refractivity contribution in [2.75, 3.05) is 0 Å². The molecule has 0 radical (unpaired) electrons. The molecule has 5 rings (SSSR count). The van der Waals surface area contributed by atoms with Gasteiger partial charge in [-0.25, -0.2) is 0 Å². The summed E-state index contributed by atoms with van der Waals surface area (Å²) in [5, 5.41) is 2.36. The Labute approximate surface area is 358 Å². The van der Waals surface area contributed by atoms with Crippen LogP contribution in [0.4, 0.5) is 0 Å². The Morgan fingerprint density at radius 2 is 0.552 bits per heavy atom. The number of hydrogen-bond donors (Lipinski definition) is 0. The summed E-state index contributed by atoms with van der Waals surface area (Å²) in [7, 11) is -0.664. The van der Waals surface area contributed by atoms with E-state index in [9.17, 15) is 0 Å². The SMILES string of the molecule is CC(C)c1cc(C(C)C)cc([PH+](C(C)(C)C)C(C)(C)C)c1.Cc1cc(C)c([B-](c2c(C)cc(C)cc2C)(c2c(C)cc(C)cc2C)c2c(C)cc(C)cc2C)c(C)c1. The number of aryl methyl sites for hydroxylation is 12. The molecule has 312 valence electrons. The maximum atomic E-state index is 2.50. The molecule has 0 saturated heterocycles. The highest BCUT2D eigenvalue weighted by atomic mass is 31.1. The molecule has 0 fully saturated rings. The van der Waals surface area contributed by atoms with Crippen molar-refractivity contribution < 1.29 is 0 Å². The minimum absolute atomic E-state index is 0.368. The van der Waals surface area contributed by atoms with E-state index < -0.39 is 14.1 Å². The van der Waals surface area contributed by atoms with E-state index in [1.54, 1.807) is 5.30 Å². The van der Waals surface area contributed by atoms with Gasteiger partial charge >= 0.3 is 0 Å². The van der Waals surface area contributed by atoms with E-state index in [-0.39, 0.29) is 0 Å². The third kappa shape index (κ3) is 9.63. The Morgan fingerprint density at radius 1 is 0.345 bits per heavy atom. The lowest BCUT2D eigenvalue weighted by atomic mass is 9.10. The van der Waals surface area contributed by atoms with Gasteiger partial charge in [0.05, 0.1) is 15.6 Å². The van der Waals surface area contributed by atoms with Gasteiger partial charge in [0.25, 0.3) is 0 Å². The smallest absolute Gasteiger partial charge is 0.110 e. The van der Waals surface area contributed by atoms with E-state index in [1.165, 1.54) is 99.7 Å². The van der Waals surface area contributed by atoms with Crippen molar-refractivity contribution in [2.45, 2.75) is 174 Å². The van der Waals surface area contributed by atoms with Gasteiger partial charge in [-0.05, 0) is 160 Å². The van der Waals surface area contributed by atoms with Gasteiger partial charge in [0.1, 0.15) is 6.15 Å². The summed E-state index contributed by atoms with van der Waals surface area (Å²) >= 11 is 0. The summed E-state index contributed by atoms with van der Waals surface area (Å²) in [6.45, 7) is 51.4. The molecule has 0 aliphatic heterocycles. The van der Waals surface area contributed by atoms with Crippen LogP contribution in [0.2, 0.25) is 0 Å². The van der Waals surface area contributed by atoms with Crippen LogP contribution in [0.25, 0.3) is 0 Å². The van der Waals surface area contributed by atoms with E-state index in [2.05, 4.69) is 219 Å². The normalized spacial score (nSPS) is 12.4. The first-order valence-electron chi connectivity index (χ1n) is 22.1. The van der Waals surface area contributed by atoms with Gasteiger partial charge < -0.3 is 0 Å². The predicted octanol–water partition coefficient (Wildman–Crippen LogP) is 13.1. The fourth-order valence-corrected chi connectivity index (χ4v) is 16.4. The summed E-state index contributed by atoms with van der Waals surface area (Å²) in [5.41, 5.74) is 25.4. The quantitative estimate of drug-likeness (QED) is 0.114. The Bertz CT molecular complexity index is 1920. The van der Waals surface area contributed by atoms with Crippen LogP contribution in [0.1, 0.15) is 159 Å². The van der Waals surface area contributed by atoms with E-state index in [4.69, 9.17) is 0 Å². The molecule has 0 bridgehead atoms. The fraction of sp³-hybridized carbons (Fsp3) is 0.464. The summed E-state index contributed by atoms with van der Waals surface area (Å²) < 4.78 is 0. The predicted molar refractivity (Wildman–Crippen MR) is 269 cm³/mol. The molecule has 0 heterocycles. The van der Waals surface area contributed by atoms with E-state index in [1.807, 2.05) is 0 Å². The third-order valence-corrected chi connectivity index (χ3v) is 16.6. The molecule has 0 atom stereocenters. The van der Waals surface area contributed by atoms with Crippen LogP contribution in [0.15, 0.2) is 66.7 Å². The molecule has 5 aromatic rings. The van der Waals surface area contributed by atoms with E-state index >= 15 is 0 Å². The zero-order valence-electron chi connectivity index (χ0n) is 41.1. The molecule has 0 spiro atoms. The average molecular weight is 795 g/mol. The zero-order chi connectivity index (χ0) is 44.0. The first-order chi connectivity index (χ1) is 26.6. The lowest BCUT2D eigenvalue weighted by Crippen LogP contribution is -2.78. The fourth-order valence-electron chi connectivity index (χ4n) is 11.8. The molecule has 5 aromatic carbocycles. The summed E-state index contributed by atoms with van der Waals surface area (Å²) in [4.78, 5) is 0. The Morgan fingerprint density at radius 3 is 0.724 bits per heavy atom. The van der Waals surface area contributed by atoms with Gasteiger partial charge in [-0.1, -0.05) is 149 Å².